The van der Waals surface area contributed by atoms with E-state index < -0.39 is 34.2 Å². The van der Waals surface area contributed by atoms with Crippen LogP contribution in [0.3, 0.4) is 0 Å². The van der Waals surface area contributed by atoms with E-state index in [-0.39, 0.29) is 20.2 Å². The van der Waals surface area contributed by atoms with Crippen LogP contribution < -0.4 is 0 Å². The molecule has 0 aliphatic rings. The molecule has 0 aliphatic carbocycles. The first-order valence-electron chi connectivity index (χ1n) is 6.53. The Balaban J connectivity index is 2.11. The fourth-order valence-corrected chi connectivity index (χ4v) is 4.69. The SMILES string of the molecule is Fc1c(F)c(F)c2c(-c3cc4ccccc4[se]3)ncnc2c1F. The van der Waals surface area contributed by atoms with Crippen LogP contribution in [-0.2, 0) is 0 Å². The molecule has 4 rings (SSSR count). The molecule has 7 heteroatoms. The summed E-state index contributed by atoms with van der Waals surface area (Å²) in [5.41, 5.74) is -0.458. The molecule has 4 aromatic rings. The third-order valence-corrected chi connectivity index (χ3v) is 5.87. The molecule has 0 atom stereocenters. The molecular weight excluding hydrogens is 375 g/mol. The summed E-state index contributed by atoms with van der Waals surface area (Å²) in [5, 5.41) is 0.530. The van der Waals surface area contributed by atoms with Crippen LogP contribution in [0.2, 0.25) is 0 Å². The molecule has 0 radical (unpaired) electrons. The van der Waals surface area contributed by atoms with Crippen LogP contribution in [0.15, 0.2) is 36.7 Å². The fourth-order valence-electron chi connectivity index (χ4n) is 2.45. The van der Waals surface area contributed by atoms with E-state index in [0.29, 0.717) is 4.44 Å². The minimum atomic E-state index is -1.87. The second-order valence-electron chi connectivity index (χ2n) is 4.85. The number of hydrogen-bond donors (Lipinski definition) is 0. The maximum atomic E-state index is 14.2. The van der Waals surface area contributed by atoms with Gasteiger partial charge in [0.1, 0.15) is 0 Å². The van der Waals surface area contributed by atoms with Crippen molar-refractivity contribution >= 4 is 35.1 Å². The number of rotatable bonds is 1. The van der Waals surface area contributed by atoms with Crippen molar-refractivity contribution in [2.75, 3.05) is 0 Å². The summed E-state index contributed by atoms with van der Waals surface area (Å²) in [4.78, 5) is 7.56. The third-order valence-electron chi connectivity index (χ3n) is 3.51. The van der Waals surface area contributed by atoms with E-state index in [1.54, 1.807) is 6.07 Å². The van der Waals surface area contributed by atoms with Crippen molar-refractivity contribution in [3.63, 3.8) is 0 Å². The molecule has 0 spiro atoms. The van der Waals surface area contributed by atoms with Crippen molar-refractivity contribution in [1.29, 1.82) is 0 Å². The predicted octanol–water partition coefficient (Wildman–Crippen LogP) is 4.06. The van der Waals surface area contributed by atoms with Crippen LogP contribution in [-0.4, -0.2) is 24.5 Å². The Hall–Kier alpha value is -2.24. The van der Waals surface area contributed by atoms with Gasteiger partial charge < -0.3 is 0 Å². The summed E-state index contributed by atoms with van der Waals surface area (Å²) in [5.74, 6) is -6.70. The fraction of sp³-hybridized carbons (Fsp3) is 0. The second-order valence-corrected chi connectivity index (χ2v) is 7.12. The predicted molar refractivity (Wildman–Crippen MR) is 79.3 cm³/mol. The molecule has 2 nitrogen and oxygen atoms in total. The van der Waals surface area contributed by atoms with E-state index in [1.165, 1.54) is 0 Å². The van der Waals surface area contributed by atoms with Crippen LogP contribution in [0.25, 0.3) is 30.7 Å². The number of benzene rings is 2. The summed E-state index contributed by atoms with van der Waals surface area (Å²) in [6, 6.07) is 9.37. The summed E-state index contributed by atoms with van der Waals surface area (Å²) in [7, 11) is 0. The number of halogens is 4. The number of hydrogen-bond acceptors (Lipinski definition) is 2. The van der Waals surface area contributed by atoms with Gasteiger partial charge in [0.2, 0.25) is 0 Å². The van der Waals surface area contributed by atoms with Crippen molar-refractivity contribution in [1.82, 2.24) is 9.97 Å². The van der Waals surface area contributed by atoms with Crippen LogP contribution in [0, 0.1) is 23.3 Å². The molecule has 0 N–H and O–H groups in total. The van der Waals surface area contributed by atoms with Crippen molar-refractivity contribution in [2.45, 2.75) is 0 Å². The molecule has 2 heterocycles. The Morgan fingerprint density at radius 1 is 0.826 bits per heavy atom. The summed E-state index contributed by atoms with van der Waals surface area (Å²) in [6.07, 6.45) is 1.03. The van der Waals surface area contributed by atoms with Gasteiger partial charge in [-0.05, 0) is 0 Å². The van der Waals surface area contributed by atoms with Gasteiger partial charge in [-0.25, -0.2) is 0 Å². The second kappa shape index (κ2) is 5.15. The van der Waals surface area contributed by atoms with Gasteiger partial charge in [-0.2, -0.15) is 0 Å². The van der Waals surface area contributed by atoms with Crippen LogP contribution in [0.5, 0.6) is 0 Å². The van der Waals surface area contributed by atoms with E-state index in [1.807, 2.05) is 24.3 Å². The van der Waals surface area contributed by atoms with E-state index >= 15 is 0 Å². The van der Waals surface area contributed by atoms with Crippen molar-refractivity contribution in [2.24, 2.45) is 0 Å². The van der Waals surface area contributed by atoms with Gasteiger partial charge in [0, 0.05) is 0 Å². The molecule has 0 amide bonds. The van der Waals surface area contributed by atoms with Gasteiger partial charge in [-0.1, -0.05) is 0 Å². The molecule has 0 fully saturated rings. The van der Waals surface area contributed by atoms with Gasteiger partial charge >= 0.3 is 133 Å². The zero-order valence-corrected chi connectivity index (χ0v) is 13.0. The van der Waals surface area contributed by atoms with Gasteiger partial charge in [0.15, 0.2) is 0 Å². The number of fused-ring (bicyclic) bond motifs is 2. The van der Waals surface area contributed by atoms with Crippen LogP contribution in [0.1, 0.15) is 0 Å². The molecule has 0 saturated heterocycles. The molecule has 0 aliphatic heterocycles. The molecule has 23 heavy (non-hydrogen) atoms. The number of nitrogens with zero attached hydrogens (tertiary/aromatic N) is 2. The Kier molecular flexibility index (Phi) is 3.21. The monoisotopic (exact) mass is 382 g/mol. The molecule has 0 unspecified atom stereocenters. The Bertz CT molecular complexity index is 1040. The van der Waals surface area contributed by atoms with Crippen LogP contribution >= 0.6 is 0 Å². The van der Waals surface area contributed by atoms with Crippen LogP contribution in [0.4, 0.5) is 17.6 Å². The summed E-state index contributed by atoms with van der Waals surface area (Å²) in [6.45, 7) is 0. The topological polar surface area (TPSA) is 25.8 Å². The minimum absolute atomic E-state index is 0.0986. The van der Waals surface area contributed by atoms with Crippen molar-refractivity contribution in [3.05, 3.63) is 59.9 Å². The first kappa shape index (κ1) is 14.4. The van der Waals surface area contributed by atoms with Gasteiger partial charge in [0.05, 0.1) is 0 Å². The Morgan fingerprint density at radius 2 is 1.57 bits per heavy atom. The average Bonchev–Trinajstić information content (AvgIpc) is 3.01. The average molecular weight is 381 g/mol. The van der Waals surface area contributed by atoms with E-state index in [2.05, 4.69) is 9.97 Å². The number of aromatic nitrogens is 2. The molecule has 0 bridgehead atoms. The van der Waals surface area contributed by atoms with E-state index in [4.69, 9.17) is 0 Å². The Morgan fingerprint density at radius 3 is 2.35 bits per heavy atom. The van der Waals surface area contributed by atoms with E-state index in [0.717, 1.165) is 16.0 Å². The van der Waals surface area contributed by atoms with Gasteiger partial charge in [-0.15, -0.1) is 0 Å². The van der Waals surface area contributed by atoms with Crippen molar-refractivity contribution < 1.29 is 17.6 Å². The first-order valence-corrected chi connectivity index (χ1v) is 8.25. The first-order chi connectivity index (χ1) is 11.1. The van der Waals surface area contributed by atoms with Gasteiger partial charge in [-0.3, -0.25) is 0 Å². The normalized spacial score (nSPS) is 11.5. The molecule has 2 aromatic carbocycles. The van der Waals surface area contributed by atoms with E-state index in [9.17, 15) is 17.6 Å². The Labute approximate surface area is 133 Å². The maximum absolute atomic E-state index is 14.2. The molecule has 0 saturated carbocycles. The quantitative estimate of drug-likeness (QED) is 0.215. The molecule has 114 valence electrons. The molecular formula is C16H6F4N2Se. The zero-order chi connectivity index (χ0) is 16.1. The molecule has 2 aromatic heterocycles. The third kappa shape index (κ3) is 2.08. The summed E-state index contributed by atoms with van der Waals surface area (Å²) < 4.78 is 56.8. The summed E-state index contributed by atoms with van der Waals surface area (Å²) >= 11 is -0.189. The zero-order valence-electron chi connectivity index (χ0n) is 11.3. The van der Waals surface area contributed by atoms with Gasteiger partial charge in [0.25, 0.3) is 0 Å². The van der Waals surface area contributed by atoms with Crippen molar-refractivity contribution in [3.8, 4) is 10.1 Å². The standard InChI is InChI=1S/C16H6F4N2Se/c17-11-10-15(9-5-7-3-1-2-4-8(7)23-9)21-6-22-16(10)14(20)13(19)12(11)18/h1-6H.